The Kier molecular flexibility index (Phi) is 3.65. The molecular weight excluding hydrogens is 391 g/mol. The van der Waals surface area contributed by atoms with Crippen LogP contribution in [0.2, 0.25) is 10.0 Å². The van der Waals surface area contributed by atoms with Crippen LogP contribution in [0.1, 0.15) is 5.56 Å². The van der Waals surface area contributed by atoms with Gasteiger partial charge in [0.05, 0.1) is 0 Å². The van der Waals surface area contributed by atoms with Gasteiger partial charge in [0.1, 0.15) is 10.7 Å². The van der Waals surface area contributed by atoms with Crippen molar-refractivity contribution >= 4 is 59.7 Å². The Morgan fingerprint density at radius 2 is 2.00 bits per heavy atom. The summed E-state index contributed by atoms with van der Waals surface area (Å²) in [4.78, 5) is 4.29. The lowest BCUT2D eigenvalue weighted by Gasteiger charge is -2.17. The molecular formula is C11H4Br2Cl2N2. The van der Waals surface area contributed by atoms with E-state index in [1.54, 1.807) is 24.3 Å². The van der Waals surface area contributed by atoms with Gasteiger partial charge < -0.3 is 0 Å². The lowest BCUT2D eigenvalue weighted by Crippen LogP contribution is -2.16. The lowest BCUT2D eigenvalue weighted by molar-refractivity contribution is 0.749. The van der Waals surface area contributed by atoms with Crippen LogP contribution >= 0.6 is 55.1 Å². The molecule has 2 rings (SSSR count). The maximum atomic E-state index is 9.36. The summed E-state index contributed by atoms with van der Waals surface area (Å²) in [5.41, 5.74) is -0.489. The van der Waals surface area contributed by atoms with Crippen LogP contribution in [0, 0.1) is 11.3 Å². The van der Waals surface area contributed by atoms with E-state index in [1.807, 2.05) is 0 Å². The lowest BCUT2D eigenvalue weighted by atomic mass is 9.93. The summed E-state index contributed by atoms with van der Waals surface area (Å²) >= 11 is 18.5. The van der Waals surface area contributed by atoms with E-state index in [2.05, 4.69) is 42.9 Å². The van der Waals surface area contributed by atoms with Gasteiger partial charge in [0, 0.05) is 20.1 Å². The first-order valence-electron chi connectivity index (χ1n) is 4.49. The maximum Gasteiger partial charge on any atom is 0.194 e. The first-order valence-corrected chi connectivity index (χ1v) is 6.83. The molecule has 0 radical (unpaired) electrons. The van der Waals surface area contributed by atoms with E-state index in [0.717, 1.165) is 4.48 Å². The normalized spacial score (nSPS) is 23.0. The van der Waals surface area contributed by atoms with Crippen molar-refractivity contribution in [2.24, 2.45) is 4.99 Å². The molecule has 0 amide bonds. The molecule has 0 aromatic heterocycles. The number of aliphatic imine (C=N–C) groups is 1. The van der Waals surface area contributed by atoms with Crippen LogP contribution in [0.4, 0.5) is 0 Å². The second-order valence-corrected chi connectivity index (χ2v) is 5.85. The summed E-state index contributed by atoms with van der Waals surface area (Å²) < 4.78 is 1.31. The summed E-state index contributed by atoms with van der Waals surface area (Å²) in [6.07, 6.45) is 1.70. The number of halogens is 4. The number of nitrogens with zero attached hydrogens (tertiary/aromatic N) is 2. The second-order valence-electron chi connectivity index (χ2n) is 3.40. The zero-order valence-electron chi connectivity index (χ0n) is 8.22. The summed E-state index contributed by atoms with van der Waals surface area (Å²) in [6.45, 7) is 0. The minimum atomic E-state index is -1.10. The fourth-order valence-electron chi connectivity index (χ4n) is 1.54. The Morgan fingerprint density at radius 3 is 2.47 bits per heavy atom. The molecule has 0 spiro atoms. The van der Waals surface area contributed by atoms with Gasteiger partial charge in [-0.05, 0) is 50.1 Å². The van der Waals surface area contributed by atoms with Gasteiger partial charge >= 0.3 is 0 Å². The van der Waals surface area contributed by atoms with Crippen LogP contribution in [0.25, 0.3) is 0 Å². The zero-order chi connectivity index (χ0) is 12.6. The topological polar surface area (TPSA) is 36.1 Å². The van der Waals surface area contributed by atoms with Gasteiger partial charge in [0.15, 0.2) is 5.54 Å². The molecule has 0 N–H and O–H groups in total. The standard InChI is InChI=1S/C11H4Br2Cl2N2/c12-8-4-11(5-16,17-10(8)13)7-2-1-6(14)3-9(7)15/h1-4H. The summed E-state index contributed by atoms with van der Waals surface area (Å²) in [6, 6.07) is 7.16. The summed E-state index contributed by atoms with van der Waals surface area (Å²) in [7, 11) is 0. The molecule has 1 aliphatic rings. The van der Waals surface area contributed by atoms with Gasteiger partial charge in [0.25, 0.3) is 0 Å². The fraction of sp³-hybridized carbons (Fsp3) is 0.0909. The number of nitriles is 1. The van der Waals surface area contributed by atoms with E-state index in [0.29, 0.717) is 20.2 Å². The van der Waals surface area contributed by atoms with Gasteiger partial charge in [-0.2, -0.15) is 5.26 Å². The Labute approximate surface area is 125 Å². The molecule has 1 heterocycles. The molecule has 1 aliphatic heterocycles. The van der Waals surface area contributed by atoms with Gasteiger partial charge in [-0.15, -0.1) is 0 Å². The van der Waals surface area contributed by atoms with E-state index in [4.69, 9.17) is 23.2 Å². The van der Waals surface area contributed by atoms with E-state index in [-0.39, 0.29) is 0 Å². The monoisotopic (exact) mass is 392 g/mol. The van der Waals surface area contributed by atoms with Crippen LogP contribution < -0.4 is 0 Å². The summed E-state index contributed by atoms with van der Waals surface area (Å²) in [5.74, 6) is 0. The SMILES string of the molecule is N#CC1(c2ccc(Cl)cc2Cl)C=C(Br)C(Br)=N1. The number of rotatable bonds is 1. The van der Waals surface area contributed by atoms with E-state index < -0.39 is 5.54 Å². The molecule has 2 nitrogen and oxygen atoms in total. The van der Waals surface area contributed by atoms with Crippen molar-refractivity contribution in [3.63, 3.8) is 0 Å². The molecule has 17 heavy (non-hydrogen) atoms. The highest BCUT2D eigenvalue weighted by molar-refractivity contribution is 9.20. The zero-order valence-corrected chi connectivity index (χ0v) is 12.9. The van der Waals surface area contributed by atoms with E-state index in [9.17, 15) is 5.26 Å². The molecule has 0 saturated carbocycles. The van der Waals surface area contributed by atoms with Crippen LogP contribution in [-0.2, 0) is 5.54 Å². The van der Waals surface area contributed by atoms with Crippen molar-refractivity contribution in [1.82, 2.24) is 0 Å². The van der Waals surface area contributed by atoms with Crippen molar-refractivity contribution in [2.45, 2.75) is 5.54 Å². The Hall–Kier alpha value is -0.340. The molecule has 0 fully saturated rings. The fourth-order valence-corrected chi connectivity index (χ4v) is 2.90. The first-order chi connectivity index (χ1) is 7.98. The predicted octanol–water partition coefficient (Wildman–Crippen LogP) is 4.80. The Morgan fingerprint density at radius 1 is 1.29 bits per heavy atom. The molecule has 1 aromatic carbocycles. The third-order valence-corrected chi connectivity index (χ3v) is 4.61. The van der Waals surface area contributed by atoms with Crippen molar-refractivity contribution < 1.29 is 0 Å². The van der Waals surface area contributed by atoms with Gasteiger partial charge in [-0.25, -0.2) is 4.99 Å². The molecule has 0 bridgehead atoms. The average Bonchev–Trinajstić information content (AvgIpc) is 2.55. The average molecular weight is 395 g/mol. The van der Waals surface area contributed by atoms with Crippen LogP contribution in [-0.4, -0.2) is 4.62 Å². The quantitative estimate of drug-likeness (QED) is 0.674. The Bertz CT molecular complexity index is 570. The molecule has 86 valence electrons. The molecule has 1 atom stereocenters. The Balaban J connectivity index is 2.64. The number of allylic oxidation sites excluding steroid dienone is 1. The third kappa shape index (κ3) is 2.30. The number of hydrogen-bond donors (Lipinski definition) is 0. The van der Waals surface area contributed by atoms with Crippen molar-refractivity contribution in [3.05, 3.63) is 44.4 Å². The maximum absolute atomic E-state index is 9.36. The number of benzene rings is 1. The highest BCUT2D eigenvalue weighted by Gasteiger charge is 2.36. The van der Waals surface area contributed by atoms with Gasteiger partial charge in [-0.1, -0.05) is 29.3 Å². The predicted molar refractivity (Wildman–Crippen MR) is 77.1 cm³/mol. The highest BCUT2D eigenvalue weighted by Crippen LogP contribution is 2.40. The van der Waals surface area contributed by atoms with Crippen LogP contribution in [0.15, 0.2) is 33.7 Å². The first kappa shape index (κ1) is 13.1. The largest absolute Gasteiger partial charge is 0.246 e. The molecule has 0 saturated heterocycles. The minimum absolute atomic E-state index is 0.418. The van der Waals surface area contributed by atoms with Gasteiger partial charge in [-0.3, -0.25) is 0 Å². The summed E-state index contributed by atoms with van der Waals surface area (Å²) in [5, 5.41) is 10.3. The van der Waals surface area contributed by atoms with Crippen LogP contribution in [0.5, 0.6) is 0 Å². The van der Waals surface area contributed by atoms with Gasteiger partial charge in [0.2, 0.25) is 0 Å². The van der Waals surface area contributed by atoms with Crippen molar-refractivity contribution in [2.75, 3.05) is 0 Å². The molecule has 0 aliphatic carbocycles. The van der Waals surface area contributed by atoms with E-state index >= 15 is 0 Å². The molecule has 1 aromatic rings. The van der Waals surface area contributed by atoms with Crippen molar-refractivity contribution in [1.29, 1.82) is 5.26 Å². The second kappa shape index (κ2) is 4.74. The highest BCUT2D eigenvalue weighted by atomic mass is 79.9. The molecule has 1 unspecified atom stereocenters. The number of hydrogen-bond acceptors (Lipinski definition) is 2. The smallest absolute Gasteiger partial charge is 0.194 e. The van der Waals surface area contributed by atoms with Crippen molar-refractivity contribution in [3.8, 4) is 6.07 Å². The van der Waals surface area contributed by atoms with E-state index in [1.165, 1.54) is 0 Å². The third-order valence-electron chi connectivity index (χ3n) is 2.32. The van der Waals surface area contributed by atoms with Crippen LogP contribution in [0.3, 0.4) is 0 Å². The molecule has 6 heteroatoms. The minimum Gasteiger partial charge on any atom is -0.246 e.